The number of rotatable bonds is 30. The van der Waals surface area contributed by atoms with E-state index in [1.165, 1.54) is 14.0 Å². The summed E-state index contributed by atoms with van der Waals surface area (Å²) in [4.78, 5) is 45.7. The van der Waals surface area contributed by atoms with Crippen molar-refractivity contribution in [3.8, 4) is 0 Å². The summed E-state index contributed by atoms with van der Waals surface area (Å²) in [5, 5.41) is 375. The largest absolute Gasteiger partial charge is 0.479 e. The molecule has 59 atom stereocenters. The van der Waals surface area contributed by atoms with E-state index in [0.717, 1.165) is 21.3 Å². The number of ether oxygens (including phenoxy) is 23. The highest BCUT2D eigenvalue weighted by Crippen LogP contribution is 2.38. The molecule has 144 heavy (non-hydrogen) atoms. The van der Waals surface area contributed by atoms with E-state index in [9.17, 15) is 188 Å². The van der Waals surface area contributed by atoms with Gasteiger partial charge >= 0.3 is 23.9 Å². The Morgan fingerprint density at radius 1 is 0.236 bits per heavy atom. The molecule has 44 N–H and O–H groups in total. The summed E-state index contributed by atoms with van der Waals surface area (Å²) in [7, 11) is 4.56. The molecule has 0 amide bonds. The lowest BCUT2D eigenvalue weighted by Crippen LogP contribution is -2.79. The lowest BCUT2D eigenvalue weighted by atomic mass is 9.92. The van der Waals surface area contributed by atoms with E-state index in [1.807, 2.05) is 0 Å². The van der Waals surface area contributed by atoms with Gasteiger partial charge in [0.05, 0.1) is 65.1 Å². The molecule has 0 aromatic carbocycles. The van der Waals surface area contributed by atoms with Crippen LogP contribution in [0.25, 0.3) is 0 Å². The second kappa shape index (κ2) is 55.9. The van der Waals surface area contributed by atoms with Crippen LogP contribution < -0.4 is 11.5 Å². The standard InChI is InChI=1S/C25H42O22.C20H35NO15.C19H33NO16.C7H12O7.C6H12O5/c1-40-22-16(36)13(33)19(20(47-22)21(38)39)46-25-15(35)11(31)9(29)7(44-25)4-41-23-17(37)12(32)18(6(3-27)43-23)45-24-14(34)10(30)8(28)5(2-26)42-24;1-5-9(23)10(24)6(3-22)33-18(5)32-4-7-11(25)12(26)8(21)19(34-7)35-15-13(27)14(28)20(31-2)36-16(15)17(29)30;1-31-18-13(28)11(26)14(15(36-18)16(29)30)35-17-6(20)9(24)8(23)5(34-17)3-32-19-12(27)10(25)7(22)4(2-21)33-19;1-13-7-4(10)2(8)3(9)5(14-7)6(11)12;7-2-4-6(10)3(8)1-5(9)11-4/h5-20,22-37H,2-4H2,1H3,(H,38,39);5-16,18-20,22-28H,3-4,21H2,1-2H3,(H,29,30);4-15,17-19,21-28H,2-3,20H2,1H3,(H,29,30);2-5,7-10H,1H3,(H,11,12);3-10H,1-2H2/p+2/t5?,6?,7?,8-,9-,10?,11?,12?,13?,14?,15?,16?,17?,18+,19+,20?,22+,23+,24-,25-;5?,6?,7?,8?,9?,10-,11+,12?,13?,14?,15-,16?,18-,19+,20-;4?,5?,6?,7-,8+,9?,10?,11?,12?,13?,14-,15?,17+,18-,19-;2?,3-,4?,5?,7-;3?,4?,5-,6-/m10000/s1. The Labute approximate surface area is 812 Å². The molecule has 67 nitrogen and oxygen atoms in total. The molecule has 12 fully saturated rings. The number of hydrogen-bond donors (Lipinski definition) is 40. The highest BCUT2D eigenvalue weighted by molar-refractivity contribution is 5.75. The zero-order valence-corrected chi connectivity index (χ0v) is 76.9. The van der Waals surface area contributed by atoms with Gasteiger partial charge in [-0.3, -0.25) is 0 Å². The van der Waals surface area contributed by atoms with Gasteiger partial charge < -0.3 is 314 Å². The van der Waals surface area contributed by atoms with Gasteiger partial charge in [-0.15, -0.1) is 0 Å². The summed E-state index contributed by atoms with van der Waals surface area (Å²) < 4.78 is 120. The van der Waals surface area contributed by atoms with Gasteiger partial charge in [-0.05, 0) is 0 Å². The first kappa shape index (κ1) is 125. The first-order valence-corrected chi connectivity index (χ1v) is 44.4. The molecule has 12 aliphatic heterocycles. The lowest BCUT2D eigenvalue weighted by Gasteiger charge is -2.47. The van der Waals surface area contributed by atoms with E-state index >= 15 is 0 Å². The lowest BCUT2D eigenvalue weighted by molar-refractivity contribution is -0.507. The van der Waals surface area contributed by atoms with Gasteiger partial charge in [0.1, 0.15) is 232 Å². The highest BCUT2D eigenvalue weighted by atomic mass is 16.8. The third-order valence-electron chi connectivity index (χ3n) is 25.3. The minimum atomic E-state index is -2.03. The molecule has 67 heteroatoms. The average molecular weight is 2130 g/mol. The van der Waals surface area contributed by atoms with Crippen molar-refractivity contribution in [1.29, 1.82) is 0 Å². The molecule has 0 aromatic heterocycles. The van der Waals surface area contributed by atoms with Crippen LogP contribution in [0.5, 0.6) is 0 Å². The maximum Gasteiger partial charge on any atom is 0.335 e. The molecule has 0 spiro atoms. The topological polar surface area (TPSA) is 1100 Å². The number of hydrogen-bond acceptors (Lipinski definition) is 61. The number of quaternary nitrogens is 2. The minimum absolute atomic E-state index is 0.0162. The van der Waals surface area contributed by atoms with Crippen LogP contribution in [0, 0.1) is 5.92 Å². The molecule has 0 radical (unpaired) electrons. The quantitative estimate of drug-likeness (QED) is 0.0318. The van der Waals surface area contributed by atoms with Gasteiger partial charge in [0, 0.05) is 40.8 Å². The summed E-state index contributed by atoms with van der Waals surface area (Å²) in [6.07, 6.45) is -89.1. The summed E-state index contributed by atoms with van der Waals surface area (Å²) in [5.41, 5.74) is 7.33. The molecule has 842 valence electrons. The van der Waals surface area contributed by atoms with Crippen LogP contribution in [0.15, 0.2) is 0 Å². The van der Waals surface area contributed by atoms with Crippen molar-refractivity contribution in [2.75, 3.05) is 81.3 Å². The van der Waals surface area contributed by atoms with Gasteiger partial charge in [-0.2, -0.15) is 0 Å². The van der Waals surface area contributed by atoms with Crippen molar-refractivity contribution < 1.29 is 334 Å². The van der Waals surface area contributed by atoms with E-state index < -0.39 is 439 Å². The molecule has 12 saturated heterocycles. The molecular formula is C77H136N2O65+2. The number of aliphatic hydroxyl groups excluding tert-OH is 34. The number of carboxylic acids is 4. The molecule has 12 heterocycles. The number of aliphatic hydroxyl groups is 34. The Morgan fingerprint density at radius 3 is 0.819 bits per heavy atom. The molecule has 0 aliphatic carbocycles. The number of carbonyl (C=O) groups is 4. The molecule has 0 bridgehead atoms. The molecule has 12 rings (SSSR count). The van der Waals surface area contributed by atoms with Crippen molar-refractivity contribution in [3.05, 3.63) is 0 Å². The average Bonchev–Trinajstić information content (AvgIpc) is 0.781. The van der Waals surface area contributed by atoms with Gasteiger partial charge in [0.2, 0.25) is 12.6 Å². The van der Waals surface area contributed by atoms with Crippen LogP contribution in [0.1, 0.15) is 13.3 Å². The summed E-state index contributed by atoms with van der Waals surface area (Å²) in [5.74, 6) is -6.88. The molecule has 12 aliphatic rings. The van der Waals surface area contributed by atoms with E-state index in [4.69, 9.17) is 130 Å². The zero-order valence-electron chi connectivity index (χ0n) is 76.9. The van der Waals surface area contributed by atoms with Gasteiger partial charge in [0.25, 0.3) is 0 Å². The Kier molecular flexibility index (Phi) is 48.4. The predicted molar refractivity (Wildman–Crippen MR) is 433 cm³/mol. The Morgan fingerprint density at radius 2 is 0.472 bits per heavy atom. The minimum Gasteiger partial charge on any atom is -0.479 e. The number of aliphatic carboxylic acids is 4. The normalized spacial score (nSPS) is 49.5. The maximum absolute atomic E-state index is 11.8. The van der Waals surface area contributed by atoms with E-state index in [1.54, 1.807) is 0 Å². The molecule has 0 saturated carbocycles. The van der Waals surface area contributed by atoms with Gasteiger partial charge in [-0.1, -0.05) is 6.92 Å². The fourth-order valence-corrected chi connectivity index (χ4v) is 16.5. The van der Waals surface area contributed by atoms with Crippen LogP contribution in [0.4, 0.5) is 0 Å². The first-order chi connectivity index (χ1) is 67.6. The van der Waals surface area contributed by atoms with Crippen LogP contribution in [-0.4, -0.2) is 655 Å². The van der Waals surface area contributed by atoms with Crippen molar-refractivity contribution in [1.82, 2.24) is 0 Å². The van der Waals surface area contributed by atoms with Crippen molar-refractivity contribution in [3.63, 3.8) is 0 Å². The van der Waals surface area contributed by atoms with E-state index in [0.29, 0.717) is 0 Å². The third-order valence-corrected chi connectivity index (χ3v) is 25.3. The second-order valence-electron chi connectivity index (χ2n) is 35.0. The van der Waals surface area contributed by atoms with E-state index in [-0.39, 0.29) is 6.42 Å². The van der Waals surface area contributed by atoms with Crippen LogP contribution in [0.2, 0.25) is 0 Å². The molecule has 35 unspecified atom stereocenters. The Hall–Kier alpha value is -4.48. The van der Waals surface area contributed by atoms with Crippen LogP contribution in [-0.2, 0) is 128 Å². The fraction of sp³-hybridized carbons (Fsp3) is 0.948. The van der Waals surface area contributed by atoms with Crippen LogP contribution in [0.3, 0.4) is 0 Å². The first-order valence-electron chi connectivity index (χ1n) is 44.4. The third kappa shape index (κ3) is 29.2. The summed E-state index contributed by atoms with van der Waals surface area (Å²) >= 11 is 0. The van der Waals surface area contributed by atoms with Crippen molar-refractivity contribution in [2.45, 2.75) is 369 Å². The van der Waals surface area contributed by atoms with Crippen molar-refractivity contribution in [2.24, 2.45) is 5.92 Å². The molecular weight excluding hydrogens is 1990 g/mol. The summed E-state index contributed by atoms with van der Waals surface area (Å²) in [6, 6.07) is -2.36. The highest BCUT2D eigenvalue weighted by Gasteiger charge is 2.61. The van der Waals surface area contributed by atoms with Gasteiger partial charge in [-0.25, -0.2) is 19.2 Å². The van der Waals surface area contributed by atoms with Gasteiger partial charge in [0.15, 0.2) is 99.4 Å². The van der Waals surface area contributed by atoms with E-state index in [2.05, 4.69) is 16.2 Å². The Bertz CT molecular complexity index is 3680. The number of carboxylic acid groups (broad SMARTS) is 4. The summed E-state index contributed by atoms with van der Waals surface area (Å²) in [6.45, 7) is -3.57. The fourth-order valence-electron chi connectivity index (χ4n) is 16.5. The predicted octanol–water partition coefficient (Wildman–Crippen LogP) is -27.5. The smallest absolute Gasteiger partial charge is 0.335 e. The monoisotopic (exact) mass is 2130 g/mol. The maximum atomic E-state index is 11.8. The second-order valence-corrected chi connectivity index (χ2v) is 35.0. The SMILES string of the molecule is CO[C@H]1OC(C(=O)O)[C@@H](O)C(O)C1O.CO[C@H]1OC(C(=O)O)[C@@H](O[C@H]2OC(CO[C@H]3OC(CO)[C@H](O)C(O)C3C)[C@@H](O)C(O)C2[NH3+])C(O)C1O.CO[C@H]1OC(C(=O)O)[C@@H](O[C@H]2OC(CO[C@H]3OC(CO)[C@H](O)C(O)C3O)[C@@H](O)C(O)C2[NH3+])C(O)C1O.CO[C@H]1OC(C(=O)O)[C@@H](O[C@H]2OC(CO[C@H]3OC(CO)[C@H](O[C@H]4OC(CO)[C@@H](O)C(O)C4O)C(O)C3O)[C@@H](O)C(O)C2O)C(O)C1O.OCC1O[C@H](O)CC(O)[C@@H]1O. The van der Waals surface area contributed by atoms with Crippen LogP contribution >= 0.6 is 0 Å². The Balaban J connectivity index is 0.000000236. The van der Waals surface area contributed by atoms with Crippen molar-refractivity contribution >= 4 is 23.9 Å². The number of methoxy groups -OCH3 is 4. The zero-order chi connectivity index (χ0) is 108. The molecule has 0 aromatic rings.